The highest BCUT2D eigenvalue weighted by molar-refractivity contribution is 9.10. The fraction of sp³-hybridized carbons (Fsp3) is 0.400. The summed E-state index contributed by atoms with van der Waals surface area (Å²) in [5.74, 6) is 0.503. The van der Waals surface area contributed by atoms with Crippen LogP contribution in [0.15, 0.2) is 38.0 Å². The van der Waals surface area contributed by atoms with Gasteiger partial charge < -0.3 is 0 Å². The Hall–Kier alpha value is -0.810. The number of nitrogens with zero attached hydrogens (tertiary/aromatic N) is 1. The average molecular weight is 400 g/mol. The summed E-state index contributed by atoms with van der Waals surface area (Å²) in [6.07, 6.45) is 4.88. The number of benzene rings is 1. The lowest BCUT2D eigenvalue weighted by molar-refractivity contribution is 0.618. The Morgan fingerprint density at radius 1 is 1.15 bits per heavy atom. The molecule has 1 aromatic carbocycles. The van der Waals surface area contributed by atoms with E-state index in [2.05, 4.69) is 37.0 Å². The number of hydrogen-bond acceptors (Lipinski definition) is 1. The molecule has 0 atom stereocenters. The number of nitrogens with one attached hydrogen (secondary N) is 1. The molecule has 0 spiro atoms. The molecule has 0 amide bonds. The largest absolute Gasteiger partial charge is 0.298 e. The lowest BCUT2D eigenvalue weighted by Gasteiger charge is -2.07. The quantitative estimate of drug-likeness (QED) is 0.815. The van der Waals surface area contributed by atoms with E-state index in [4.69, 9.17) is 0 Å². The molecule has 0 radical (unpaired) electrons. The van der Waals surface area contributed by atoms with Crippen molar-refractivity contribution in [2.24, 2.45) is 0 Å². The minimum absolute atomic E-state index is 0.0369. The highest BCUT2D eigenvalue weighted by Crippen LogP contribution is 2.35. The number of H-pyrrole nitrogens is 1. The van der Waals surface area contributed by atoms with Gasteiger partial charge in [-0.1, -0.05) is 40.9 Å². The maximum absolute atomic E-state index is 12.3. The first-order valence-electron chi connectivity index (χ1n) is 6.88. The summed E-state index contributed by atoms with van der Waals surface area (Å²) in [5.41, 5.74) is 2.22. The second kappa shape index (κ2) is 5.90. The van der Waals surface area contributed by atoms with Crippen LogP contribution < -0.4 is 5.56 Å². The topological polar surface area (TPSA) is 37.8 Å². The molecule has 1 heterocycles. The zero-order valence-corrected chi connectivity index (χ0v) is 14.2. The van der Waals surface area contributed by atoms with Crippen LogP contribution in [-0.4, -0.2) is 9.78 Å². The molecule has 106 valence electrons. The van der Waals surface area contributed by atoms with Crippen molar-refractivity contribution in [1.82, 2.24) is 9.78 Å². The summed E-state index contributed by atoms with van der Waals surface area (Å²) in [6, 6.07) is 8.05. The van der Waals surface area contributed by atoms with Crippen molar-refractivity contribution < 1.29 is 0 Å². The Morgan fingerprint density at radius 3 is 2.45 bits per heavy atom. The molecule has 1 N–H and O–H groups in total. The summed E-state index contributed by atoms with van der Waals surface area (Å²) in [4.78, 5) is 12.3. The first-order chi connectivity index (χ1) is 9.65. The standard InChI is InChI=1S/C15H16Br2N2O/c16-12-7-5-10(6-8-12)9-19-15(20)13(17)14(18-19)11-3-1-2-4-11/h5-8,11,18H,1-4,9H2. The van der Waals surface area contributed by atoms with Gasteiger partial charge in [-0.15, -0.1) is 0 Å². The van der Waals surface area contributed by atoms with Crippen molar-refractivity contribution >= 4 is 31.9 Å². The van der Waals surface area contributed by atoms with Gasteiger partial charge in [0.1, 0.15) is 4.47 Å². The molecule has 2 aromatic rings. The van der Waals surface area contributed by atoms with Gasteiger partial charge in [-0.3, -0.25) is 9.89 Å². The minimum atomic E-state index is 0.0369. The normalized spacial score (nSPS) is 15.9. The molecule has 3 nitrogen and oxygen atoms in total. The van der Waals surface area contributed by atoms with Crippen molar-refractivity contribution in [1.29, 1.82) is 0 Å². The predicted molar refractivity (Wildman–Crippen MR) is 87.2 cm³/mol. The first kappa shape index (κ1) is 14.1. The van der Waals surface area contributed by atoms with E-state index in [0.29, 0.717) is 16.9 Å². The van der Waals surface area contributed by atoms with Crippen LogP contribution in [0.2, 0.25) is 0 Å². The second-order valence-electron chi connectivity index (χ2n) is 5.34. The third-order valence-corrected chi connectivity index (χ3v) is 5.24. The Balaban J connectivity index is 1.88. The zero-order chi connectivity index (χ0) is 14.1. The van der Waals surface area contributed by atoms with Crippen molar-refractivity contribution in [3.05, 3.63) is 54.8 Å². The zero-order valence-electron chi connectivity index (χ0n) is 11.0. The fourth-order valence-corrected chi connectivity index (χ4v) is 3.74. The summed E-state index contributed by atoms with van der Waals surface area (Å²) in [7, 11) is 0. The van der Waals surface area contributed by atoms with Crippen molar-refractivity contribution in [3.63, 3.8) is 0 Å². The van der Waals surface area contributed by atoms with E-state index < -0.39 is 0 Å². The van der Waals surface area contributed by atoms with Gasteiger partial charge in [-0.05, 0) is 46.5 Å². The van der Waals surface area contributed by atoms with E-state index in [1.165, 1.54) is 25.7 Å². The van der Waals surface area contributed by atoms with Gasteiger partial charge in [0, 0.05) is 10.4 Å². The Morgan fingerprint density at radius 2 is 1.80 bits per heavy atom. The maximum Gasteiger partial charge on any atom is 0.281 e. The minimum Gasteiger partial charge on any atom is -0.298 e. The molecule has 1 aliphatic rings. The van der Waals surface area contributed by atoms with Crippen molar-refractivity contribution in [2.45, 2.75) is 38.1 Å². The molecule has 0 unspecified atom stereocenters. The molecule has 5 heteroatoms. The van der Waals surface area contributed by atoms with Gasteiger partial charge in [-0.2, -0.15) is 0 Å². The molecule has 20 heavy (non-hydrogen) atoms. The van der Waals surface area contributed by atoms with E-state index >= 15 is 0 Å². The van der Waals surface area contributed by atoms with Gasteiger partial charge in [0.05, 0.1) is 12.2 Å². The Labute approximate surface area is 134 Å². The van der Waals surface area contributed by atoms with E-state index in [0.717, 1.165) is 15.7 Å². The van der Waals surface area contributed by atoms with Gasteiger partial charge >= 0.3 is 0 Å². The summed E-state index contributed by atoms with van der Waals surface area (Å²) >= 11 is 6.89. The summed E-state index contributed by atoms with van der Waals surface area (Å²) in [5, 5.41) is 3.30. The third-order valence-electron chi connectivity index (χ3n) is 3.94. The molecule has 1 fully saturated rings. The molecule has 3 rings (SSSR count). The number of aromatic nitrogens is 2. The van der Waals surface area contributed by atoms with Crippen LogP contribution in [0.3, 0.4) is 0 Å². The summed E-state index contributed by atoms with van der Waals surface area (Å²) in [6.45, 7) is 0.581. The fourth-order valence-electron chi connectivity index (χ4n) is 2.85. The van der Waals surface area contributed by atoms with Gasteiger partial charge in [0.25, 0.3) is 5.56 Å². The van der Waals surface area contributed by atoms with Crippen LogP contribution >= 0.6 is 31.9 Å². The molecule has 0 aliphatic heterocycles. The average Bonchev–Trinajstić information content (AvgIpc) is 3.05. The molecule has 1 aromatic heterocycles. The SMILES string of the molecule is O=c1c(Br)c(C2CCCC2)[nH]n1Cc1ccc(Br)cc1. The van der Waals surface area contributed by atoms with Crippen molar-refractivity contribution in [3.8, 4) is 0 Å². The first-order valence-corrected chi connectivity index (χ1v) is 8.46. The lowest BCUT2D eigenvalue weighted by atomic mass is 10.1. The molecular weight excluding hydrogens is 384 g/mol. The van der Waals surface area contributed by atoms with Crippen LogP contribution in [0, 0.1) is 0 Å². The molecule has 0 saturated heterocycles. The maximum atomic E-state index is 12.3. The molecule has 1 aliphatic carbocycles. The van der Waals surface area contributed by atoms with E-state index in [1.807, 2.05) is 24.3 Å². The number of halogens is 2. The van der Waals surface area contributed by atoms with Crippen LogP contribution in [0.5, 0.6) is 0 Å². The molecule has 1 saturated carbocycles. The lowest BCUT2D eigenvalue weighted by Crippen LogP contribution is -2.17. The van der Waals surface area contributed by atoms with E-state index in [-0.39, 0.29) is 5.56 Å². The third kappa shape index (κ3) is 2.79. The Kier molecular flexibility index (Phi) is 4.17. The highest BCUT2D eigenvalue weighted by Gasteiger charge is 2.23. The van der Waals surface area contributed by atoms with E-state index in [9.17, 15) is 4.79 Å². The van der Waals surface area contributed by atoms with Crippen LogP contribution in [0.25, 0.3) is 0 Å². The number of aromatic amines is 1. The van der Waals surface area contributed by atoms with Crippen molar-refractivity contribution in [2.75, 3.05) is 0 Å². The smallest absolute Gasteiger partial charge is 0.281 e. The van der Waals surface area contributed by atoms with Crippen LogP contribution in [0.4, 0.5) is 0 Å². The summed E-state index contributed by atoms with van der Waals surface area (Å²) < 4.78 is 3.45. The Bertz CT molecular complexity index is 652. The monoisotopic (exact) mass is 398 g/mol. The van der Waals surface area contributed by atoms with Crippen LogP contribution in [-0.2, 0) is 6.54 Å². The predicted octanol–water partition coefficient (Wildman–Crippen LogP) is 4.41. The second-order valence-corrected chi connectivity index (χ2v) is 7.05. The van der Waals surface area contributed by atoms with Crippen LogP contribution in [0.1, 0.15) is 42.9 Å². The highest BCUT2D eigenvalue weighted by atomic mass is 79.9. The molecular formula is C15H16Br2N2O. The number of hydrogen-bond donors (Lipinski definition) is 1. The number of rotatable bonds is 3. The van der Waals surface area contributed by atoms with E-state index in [1.54, 1.807) is 4.68 Å². The van der Waals surface area contributed by atoms with Gasteiger partial charge in [0.15, 0.2) is 0 Å². The van der Waals surface area contributed by atoms with Gasteiger partial charge in [0.2, 0.25) is 0 Å². The molecule has 0 bridgehead atoms. The van der Waals surface area contributed by atoms with Gasteiger partial charge in [-0.25, -0.2) is 4.68 Å².